The van der Waals surface area contributed by atoms with Crippen molar-refractivity contribution in [2.75, 3.05) is 45.4 Å². The van der Waals surface area contributed by atoms with E-state index in [2.05, 4.69) is 4.90 Å². The summed E-state index contributed by atoms with van der Waals surface area (Å²) in [4.78, 5) is 22.7. The van der Waals surface area contributed by atoms with Crippen LogP contribution in [0.3, 0.4) is 0 Å². The van der Waals surface area contributed by atoms with Gasteiger partial charge < -0.3 is 29.1 Å². The normalized spacial score (nSPS) is 18.1. The molecule has 1 unspecified atom stereocenters. The lowest BCUT2D eigenvalue weighted by Crippen LogP contribution is -2.39. The van der Waals surface area contributed by atoms with Gasteiger partial charge in [0.15, 0.2) is 11.5 Å². The van der Waals surface area contributed by atoms with Crippen LogP contribution < -0.4 is 14.4 Å². The average Bonchev–Trinajstić information content (AvgIpc) is 3.45. The Kier molecular flexibility index (Phi) is 7.95. The summed E-state index contributed by atoms with van der Waals surface area (Å²) in [5.41, 5.74) is 1.91. The van der Waals surface area contributed by atoms with E-state index in [-0.39, 0.29) is 23.9 Å². The van der Waals surface area contributed by atoms with Gasteiger partial charge in [-0.25, -0.2) is 9.37 Å². The highest BCUT2D eigenvalue weighted by molar-refractivity contribution is 5.95. The number of carbonyl (C=O) groups is 1. The number of pyridine rings is 1. The maximum atomic E-state index is 14.0. The van der Waals surface area contributed by atoms with E-state index in [0.29, 0.717) is 74.0 Å². The Bertz CT molecular complexity index is 1290. The predicted molar refractivity (Wildman–Crippen MR) is 142 cm³/mol. The molecule has 2 aromatic carbocycles. The summed E-state index contributed by atoms with van der Waals surface area (Å²) >= 11 is 0. The van der Waals surface area contributed by atoms with Crippen LogP contribution in [-0.4, -0.2) is 73.6 Å². The molecule has 202 valence electrons. The molecule has 3 heterocycles. The summed E-state index contributed by atoms with van der Waals surface area (Å²) in [7, 11) is 3.10. The van der Waals surface area contributed by atoms with Gasteiger partial charge in [-0.15, -0.1) is 0 Å². The first kappa shape index (κ1) is 26.2. The summed E-state index contributed by atoms with van der Waals surface area (Å²) in [6.07, 6.45) is 2.74. The van der Waals surface area contributed by atoms with E-state index in [1.54, 1.807) is 43.4 Å². The fourth-order valence-corrected chi connectivity index (χ4v) is 5.25. The van der Waals surface area contributed by atoms with Gasteiger partial charge in [0.05, 0.1) is 31.9 Å². The number of benzene rings is 2. The Hall–Kier alpha value is -3.43. The summed E-state index contributed by atoms with van der Waals surface area (Å²) in [6, 6.07) is 11.7. The van der Waals surface area contributed by atoms with Crippen molar-refractivity contribution in [3.63, 3.8) is 0 Å². The number of nitrogens with zero attached hydrogens (tertiary/aromatic N) is 3. The van der Waals surface area contributed by atoms with Gasteiger partial charge in [-0.3, -0.25) is 4.79 Å². The Morgan fingerprint density at radius 1 is 1.11 bits per heavy atom. The minimum absolute atomic E-state index is 0.0461. The molecule has 5 rings (SSSR count). The predicted octanol–water partition coefficient (Wildman–Crippen LogP) is 4.17. The van der Waals surface area contributed by atoms with Gasteiger partial charge in [0.1, 0.15) is 11.6 Å². The monoisotopic (exact) mass is 523 g/mol. The first-order chi connectivity index (χ1) is 18.4. The molecule has 1 N–H and O–H groups in total. The van der Waals surface area contributed by atoms with Crippen molar-refractivity contribution in [1.82, 2.24) is 9.88 Å². The van der Waals surface area contributed by atoms with Crippen LogP contribution in [0.2, 0.25) is 0 Å². The fourth-order valence-electron chi connectivity index (χ4n) is 5.25. The van der Waals surface area contributed by atoms with Gasteiger partial charge >= 0.3 is 0 Å². The number of anilines is 1. The molecule has 0 radical (unpaired) electrons. The van der Waals surface area contributed by atoms with Gasteiger partial charge in [0, 0.05) is 55.4 Å². The lowest BCUT2D eigenvalue weighted by atomic mass is 10.0. The minimum atomic E-state index is -0.346. The van der Waals surface area contributed by atoms with Crippen LogP contribution in [0.25, 0.3) is 10.9 Å². The van der Waals surface area contributed by atoms with Gasteiger partial charge in [0.25, 0.3) is 5.91 Å². The van der Waals surface area contributed by atoms with Gasteiger partial charge in [-0.05, 0) is 62.1 Å². The molecule has 1 amide bonds. The van der Waals surface area contributed by atoms with Crippen molar-refractivity contribution >= 4 is 22.6 Å². The quantitative estimate of drug-likeness (QED) is 0.474. The highest BCUT2D eigenvalue weighted by Crippen LogP contribution is 2.31. The Balaban J connectivity index is 1.52. The van der Waals surface area contributed by atoms with E-state index in [1.807, 2.05) is 6.07 Å². The number of aliphatic hydroxyl groups is 1. The first-order valence-corrected chi connectivity index (χ1v) is 13.1. The van der Waals surface area contributed by atoms with Crippen molar-refractivity contribution in [3.8, 4) is 11.5 Å². The summed E-state index contributed by atoms with van der Waals surface area (Å²) < 4.78 is 30.7. The third-order valence-electron chi connectivity index (χ3n) is 7.33. The molecule has 0 spiro atoms. The maximum absolute atomic E-state index is 14.0. The second-order valence-corrected chi connectivity index (χ2v) is 9.92. The first-order valence-electron chi connectivity index (χ1n) is 13.1. The van der Waals surface area contributed by atoms with E-state index < -0.39 is 0 Å². The summed E-state index contributed by atoms with van der Waals surface area (Å²) in [5, 5.41) is 10.9. The van der Waals surface area contributed by atoms with Crippen molar-refractivity contribution in [2.24, 2.45) is 0 Å². The van der Waals surface area contributed by atoms with E-state index in [4.69, 9.17) is 19.2 Å². The summed E-state index contributed by atoms with van der Waals surface area (Å²) in [5.74, 6) is 1.25. The molecule has 2 aliphatic heterocycles. The third-order valence-corrected chi connectivity index (χ3v) is 7.33. The smallest absolute Gasteiger partial charge is 0.254 e. The molecular formula is C29H34FN3O5. The molecule has 3 aromatic rings. The number of rotatable bonds is 8. The number of hydrogen-bond acceptors (Lipinski definition) is 7. The second-order valence-electron chi connectivity index (χ2n) is 9.92. The summed E-state index contributed by atoms with van der Waals surface area (Å²) in [6.45, 7) is 2.71. The number of piperidine rings is 1. The Morgan fingerprint density at radius 2 is 1.89 bits per heavy atom. The van der Waals surface area contributed by atoms with Crippen LogP contribution >= 0.6 is 0 Å². The second kappa shape index (κ2) is 11.5. The molecule has 0 bridgehead atoms. The van der Waals surface area contributed by atoms with E-state index in [1.165, 1.54) is 12.1 Å². The number of fused-ring (bicyclic) bond motifs is 1. The minimum Gasteiger partial charge on any atom is -0.493 e. The number of amides is 1. The number of hydrogen-bond donors (Lipinski definition) is 1. The van der Waals surface area contributed by atoms with Crippen LogP contribution in [-0.2, 0) is 11.3 Å². The zero-order chi connectivity index (χ0) is 26.6. The molecule has 0 saturated carbocycles. The number of ether oxygens (including phenoxy) is 3. The van der Waals surface area contributed by atoms with Crippen LogP contribution in [0.1, 0.15) is 41.6 Å². The van der Waals surface area contributed by atoms with Crippen LogP contribution in [0.15, 0.2) is 42.5 Å². The van der Waals surface area contributed by atoms with E-state index in [0.717, 1.165) is 23.8 Å². The number of aromatic nitrogens is 1. The lowest BCUT2D eigenvalue weighted by Gasteiger charge is -2.33. The van der Waals surface area contributed by atoms with Crippen molar-refractivity contribution < 1.29 is 28.5 Å². The van der Waals surface area contributed by atoms with Gasteiger partial charge in [-0.2, -0.15) is 0 Å². The number of methoxy groups -OCH3 is 2. The molecular weight excluding hydrogens is 489 g/mol. The lowest BCUT2D eigenvalue weighted by molar-refractivity contribution is 0.0507. The standard InChI is InChI=1S/C29H34FN3O5/c1-36-26-8-6-20(15-27(26)37-2)29(35)33(18-24-4-3-13-38-24)17-21-14-19-5-7-22(30)16-25(19)31-28(21)32-11-9-23(34)10-12-32/h5-8,14-16,23-24,34H,3-4,9-13,17-18H2,1-2H3. The molecule has 9 heteroatoms. The molecule has 38 heavy (non-hydrogen) atoms. The number of halogens is 1. The third kappa shape index (κ3) is 5.68. The largest absolute Gasteiger partial charge is 0.493 e. The maximum Gasteiger partial charge on any atom is 0.254 e. The molecule has 2 aliphatic rings. The molecule has 8 nitrogen and oxygen atoms in total. The van der Waals surface area contributed by atoms with Crippen molar-refractivity contribution in [3.05, 3.63) is 59.4 Å². The van der Waals surface area contributed by atoms with Crippen molar-refractivity contribution in [2.45, 2.75) is 44.4 Å². The zero-order valence-electron chi connectivity index (χ0n) is 21.9. The Morgan fingerprint density at radius 3 is 2.61 bits per heavy atom. The molecule has 2 saturated heterocycles. The average molecular weight is 524 g/mol. The zero-order valence-corrected chi connectivity index (χ0v) is 21.9. The fraction of sp³-hybridized carbons (Fsp3) is 0.448. The van der Waals surface area contributed by atoms with Crippen molar-refractivity contribution in [1.29, 1.82) is 0 Å². The highest BCUT2D eigenvalue weighted by atomic mass is 19.1. The SMILES string of the molecule is COc1ccc(C(=O)N(Cc2cc3ccc(F)cc3nc2N2CCC(O)CC2)CC2CCCO2)cc1OC. The van der Waals surface area contributed by atoms with Crippen LogP contribution in [0, 0.1) is 5.82 Å². The molecule has 1 aromatic heterocycles. The number of aliphatic hydroxyl groups excluding tert-OH is 1. The topological polar surface area (TPSA) is 84.4 Å². The van der Waals surface area contributed by atoms with Gasteiger partial charge in [-0.1, -0.05) is 0 Å². The Labute approximate surface area is 221 Å². The van der Waals surface area contributed by atoms with Crippen LogP contribution in [0.5, 0.6) is 11.5 Å². The molecule has 1 atom stereocenters. The molecule has 2 fully saturated rings. The number of carbonyl (C=O) groups excluding carboxylic acids is 1. The highest BCUT2D eigenvalue weighted by Gasteiger charge is 2.27. The van der Waals surface area contributed by atoms with Gasteiger partial charge in [0.2, 0.25) is 0 Å². The van der Waals surface area contributed by atoms with Crippen LogP contribution in [0.4, 0.5) is 10.2 Å². The van der Waals surface area contributed by atoms with E-state index in [9.17, 15) is 14.3 Å². The van der Waals surface area contributed by atoms with E-state index >= 15 is 0 Å². The molecule has 0 aliphatic carbocycles.